The fourth-order valence-electron chi connectivity index (χ4n) is 0.392. The molecule has 0 aromatic carbocycles. The van der Waals surface area contributed by atoms with Crippen molar-refractivity contribution in [2.75, 3.05) is 5.73 Å². The van der Waals surface area contributed by atoms with Crippen LogP contribution >= 0.6 is 12.4 Å². The van der Waals surface area contributed by atoms with Gasteiger partial charge in [-0.15, -0.1) is 12.4 Å². The Morgan fingerprint density at radius 3 is 2.70 bits per heavy atom. The second-order valence-corrected chi connectivity index (χ2v) is 1.45. The van der Waals surface area contributed by atoms with E-state index in [1.807, 2.05) is 4.98 Å². The first-order valence-electron chi connectivity index (χ1n) is 2.20. The Bertz CT molecular complexity index is 273. The second kappa shape index (κ2) is 3.17. The van der Waals surface area contributed by atoms with E-state index in [1.54, 1.807) is 0 Å². The van der Waals surface area contributed by atoms with Gasteiger partial charge in [0.05, 0.1) is 6.20 Å². The topological polar surface area (TPSA) is 71.8 Å². The number of anilines is 1. The number of aromatic nitrogens is 2. The van der Waals surface area contributed by atoms with E-state index in [0.717, 1.165) is 6.20 Å². The lowest BCUT2D eigenvalue weighted by molar-refractivity contribution is 0.617. The number of hydrogen-bond donors (Lipinski definition) is 2. The molecule has 0 spiro atoms. The number of H-pyrrole nitrogens is 1. The minimum absolute atomic E-state index is 0. The Kier molecular flexibility index (Phi) is 2.82. The van der Waals surface area contributed by atoms with Crippen LogP contribution in [0.3, 0.4) is 0 Å². The molecule has 0 radical (unpaired) electrons. The maximum absolute atomic E-state index is 12.1. The Morgan fingerprint density at radius 2 is 2.30 bits per heavy atom. The average molecular weight is 169 g/mol. The lowest BCUT2D eigenvalue weighted by atomic mass is 10.6. The van der Waals surface area contributed by atoms with Crippen LogP contribution in [0.2, 0.25) is 0 Å². The monoisotopic (exact) mass is 168 g/mol. The number of nitrogen functional groups attached to an aromatic ring is 1. The molecule has 0 amide bonds. The van der Waals surface area contributed by atoms with E-state index in [9.17, 15) is 9.18 Å². The molecule has 0 aliphatic heterocycles. The minimum atomic E-state index is -0.713. The van der Waals surface area contributed by atoms with Gasteiger partial charge in [0.25, 0.3) is 0 Å². The molecule has 0 unspecified atom stereocenters. The quantitative estimate of drug-likeness (QED) is 0.532. The number of nitrogens with zero attached hydrogens (tertiary/aromatic N) is 1. The molecule has 0 saturated heterocycles. The third kappa shape index (κ3) is 1.70. The standard InChI is InChI=1S/C4H4FN3O.ClH/c5-2-1-7-4(9)8-3(2)6;/h1H,(H3,6,7,8,9);1H/i6+1,7+1,8+1;. The van der Waals surface area contributed by atoms with Crippen molar-refractivity contribution in [2.24, 2.45) is 0 Å². The molecule has 10 heavy (non-hydrogen) atoms. The lowest BCUT2D eigenvalue weighted by Gasteiger charge is -1.89. The summed E-state index contributed by atoms with van der Waals surface area (Å²) >= 11 is 0. The van der Waals surface area contributed by atoms with Crippen LogP contribution in [-0.4, -0.2) is 9.97 Å². The highest BCUT2D eigenvalue weighted by molar-refractivity contribution is 5.85. The highest BCUT2D eigenvalue weighted by atomic mass is 35.5. The van der Waals surface area contributed by atoms with Gasteiger partial charge in [0.1, 0.15) is 5.82 Å². The summed E-state index contributed by atoms with van der Waals surface area (Å²) in [5.41, 5.74) is 4.31. The zero-order chi connectivity index (χ0) is 6.85. The maximum Gasteiger partial charge on any atom is 0.346 e. The zero-order valence-corrected chi connectivity index (χ0v) is 5.61. The van der Waals surface area contributed by atoms with Crippen LogP contribution in [0, 0.1) is 5.82 Å². The van der Waals surface area contributed by atoms with Crippen LogP contribution in [-0.2, 0) is 0 Å². The summed E-state index contributed by atoms with van der Waals surface area (Å²) in [7, 11) is 0. The highest BCUT2D eigenvalue weighted by Crippen LogP contribution is 1.96. The van der Waals surface area contributed by atoms with Gasteiger partial charge in [-0.3, -0.25) is 4.98 Å². The van der Waals surface area contributed by atoms with Gasteiger partial charge in [-0.2, -0.15) is 4.98 Å². The lowest BCUT2D eigenvalue weighted by Crippen LogP contribution is -2.12. The van der Waals surface area contributed by atoms with Crippen molar-refractivity contribution in [2.45, 2.75) is 0 Å². The van der Waals surface area contributed by atoms with Gasteiger partial charge in [-0.1, -0.05) is 0 Å². The van der Waals surface area contributed by atoms with Crippen molar-refractivity contribution in [3.05, 3.63) is 22.5 Å². The van der Waals surface area contributed by atoms with Gasteiger partial charge in [-0.05, 0) is 0 Å². The largest absolute Gasteiger partial charge is 0.383 e. The Hall–Kier alpha value is -1.10. The average Bonchev–Trinajstić information content (AvgIpc) is 1.80. The molecule has 0 fully saturated rings. The molecule has 1 aromatic rings. The first-order valence-corrected chi connectivity index (χ1v) is 2.20. The maximum atomic E-state index is 12.1. The fraction of sp³-hybridized carbons (Fsp3) is 0. The van der Waals surface area contributed by atoms with Crippen LogP contribution < -0.4 is 11.4 Å². The second-order valence-electron chi connectivity index (χ2n) is 1.45. The van der Waals surface area contributed by atoms with E-state index >= 15 is 0 Å². The van der Waals surface area contributed by atoms with E-state index < -0.39 is 11.5 Å². The van der Waals surface area contributed by atoms with E-state index in [2.05, 4.69) is 4.98 Å². The van der Waals surface area contributed by atoms with E-state index in [4.69, 9.17) is 5.73 Å². The number of rotatable bonds is 0. The molecular formula is C4H5ClFN3O. The summed E-state index contributed by atoms with van der Waals surface area (Å²) in [6.45, 7) is 0. The molecule has 0 atom stereocenters. The van der Waals surface area contributed by atoms with Crippen LogP contribution in [0.15, 0.2) is 11.0 Å². The first-order chi connectivity index (χ1) is 4.20. The number of hydrogen-bond acceptors (Lipinski definition) is 3. The third-order valence-corrected chi connectivity index (χ3v) is 0.794. The third-order valence-electron chi connectivity index (χ3n) is 0.794. The molecule has 0 aliphatic carbocycles. The van der Waals surface area contributed by atoms with Crippen molar-refractivity contribution in [1.29, 1.82) is 0 Å². The summed E-state index contributed by atoms with van der Waals surface area (Å²) < 4.78 is 12.1. The predicted octanol–water partition coefficient (Wildman–Crippen LogP) is -0.0870. The molecule has 4 nitrogen and oxygen atoms in total. The van der Waals surface area contributed by atoms with E-state index in [-0.39, 0.29) is 18.2 Å². The zero-order valence-electron chi connectivity index (χ0n) is 4.80. The SMILES string of the molecule is Cl.[15NH2]c1[15nH]c(=O)[15n]cc1F. The Morgan fingerprint density at radius 1 is 1.70 bits per heavy atom. The first kappa shape index (κ1) is 8.90. The van der Waals surface area contributed by atoms with Crippen molar-refractivity contribution in [1.82, 2.24) is 9.97 Å². The van der Waals surface area contributed by atoms with Crippen molar-refractivity contribution in [3.8, 4) is 0 Å². The van der Waals surface area contributed by atoms with Crippen LogP contribution in [0.1, 0.15) is 0 Å². The smallest absolute Gasteiger partial charge is 0.346 e. The summed E-state index contributed by atoms with van der Waals surface area (Å²) in [5, 5.41) is 0. The molecule has 56 valence electrons. The number of nitrogens with two attached hydrogens (primary N) is 1. The molecule has 3 N–H and O–H groups in total. The molecule has 1 aromatic heterocycles. The molecule has 6 heteroatoms. The van der Waals surface area contributed by atoms with Gasteiger partial charge in [0.2, 0.25) is 0 Å². The molecule has 0 aliphatic rings. The van der Waals surface area contributed by atoms with Crippen molar-refractivity contribution < 1.29 is 4.39 Å². The van der Waals surface area contributed by atoms with Crippen molar-refractivity contribution >= 4 is 18.2 Å². The molecular weight excluding hydrogens is 163 g/mol. The van der Waals surface area contributed by atoms with Gasteiger partial charge in [0.15, 0.2) is 5.82 Å². The predicted molar refractivity (Wildman–Crippen MR) is 36.5 cm³/mol. The number of halogens is 2. The Balaban J connectivity index is 0.000000810. The number of nitrogens with one attached hydrogen (secondary N) is 1. The van der Waals surface area contributed by atoms with Gasteiger partial charge in [-0.25, -0.2) is 9.18 Å². The van der Waals surface area contributed by atoms with Crippen LogP contribution in [0.4, 0.5) is 10.2 Å². The van der Waals surface area contributed by atoms with Gasteiger partial charge < -0.3 is 5.73 Å². The molecule has 0 bridgehead atoms. The number of aromatic amines is 1. The highest BCUT2D eigenvalue weighted by Gasteiger charge is 1.95. The van der Waals surface area contributed by atoms with Crippen LogP contribution in [0.5, 0.6) is 0 Å². The van der Waals surface area contributed by atoms with Gasteiger partial charge >= 0.3 is 5.69 Å². The summed E-state index contributed by atoms with van der Waals surface area (Å²) in [5.74, 6) is -0.996. The van der Waals surface area contributed by atoms with E-state index in [1.165, 1.54) is 0 Å². The van der Waals surface area contributed by atoms with Crippen LogP contribution in [0.25, 0.3) is 0 Å². The minimum Gasteiger partial charge on any atom is -0.383 e. The normalized spacial score (nSPS) is 8.50. The molecule has 0 saturated carbocycles. The van der Waals surface area contributed by atoms with E-state index in [0.29, 0.717) is 0 Å². The Labute approximate surface area is 61.7 Å². The fourth-order valence-corrected chi connectivity index (χ4v) is 0.392. The summed E-state index contributed by atoms with van der Waals surface area (Å²) in [6, 6.07) is 0. The van der Waals surface area contributed by atoms with Crippen molar-refractivity contribution in [3.63, 3.8) is 0 Å². The molecule has 1 heterocycles. The van der Waals surface area contributed by atoms with Gasteiger partial charge in [0, 0.05) is 0 Å². The summed E-state index contributed by atoms with van der Waals surface area (Å²) in [4.78, 5) is 15.3. The molecule has 1 rings (SSSR count). The summed E-state index contributed by atoms with van der Waals surface area (Å²) in [6.07, 6.45) is 0.772.